The number of allylic oxidation sites excluding steroid dienone is 4. The van der Waals surface area contributed by atoms with E-state index in [1.54, 1.807) is 0 Å². The van der Waals surface area contributed by atoms with Crippen LogP contribution in [0.2, 0.25) is 0 Å². The molecule has 0 unspecified atom stereocenters. The second-order valence-corrected chi connectivity index (χ2v) is 5.53. The summed E-state index contributed by atoms with van der Waals surface area (Å²) < 4.78 is 5.18. The van der Waals surface area contributed by atoms with E-state index in [-0.39, 0.29) is 5.97 Å². The van der Waals surface area contributed by atoms with Crippen molar-refractivity contribution in [2.45, 2.75) is 59.8 Å². The minimum Gasteiger partial charge on any atom is -0.465 e. The summed E-state index contributed by atoms with van der Waals surface area (Å²) in [5, 5.41) is 0. The fraction of sp³-hybridized carbons (Fsp3) is 0.688. The van der Waals surface area contributed by atoms with Crippen molar-refractivity contribution in [3.8, 4) is 0 Å². The molecule has 0 aliphatic rings. The highest BCUT2D eigenvalue weighted by Crippen LogP contribution is 2.15. The highest BCUT2D eigenvalue weighted by Gasteiger charge is 2.22. The number of ether oxygens (including phenoxy) is 1. The molecule has 2 heteroatoms. The Hall–Kier alpha value is -1.05. The molecular weight excluding hydrogens is 224 g/mol. The Kier molecular flexibility index (Phi) is 9.35. The number of carbonyl (C=O) groups is 1. The summed E-state index contributed by atoms with van der Waals surface area (Å²) >= 11 is 0. The van der Waals surface area contributed by atoms with Gasteiger partial charge in [-0.3, -0.25) is 4.79 Å². The van der Waals surface area contributed by atoms with Gasteiger partial charge >= 0.3 is 5.97 Å². The average molecular weight is 252 g/mol. The molecule has 0 aliphatic carbocycles. The Morgan fingerprint density at radius 1 is 1.06 bits per heavy atom. The SMILES string of the molecule is CCCCC=CC=CCCCOC(=O)C(C)(C)C. The summed E-state index contributed by atoms with van der Waals surface area (Å²) in [5.41, 5.74) is -0.391. The Morgan fingerprint density at radius 3 is 2.11 bits per heavy atom. The van der Waals surface area contributed by atoms with Crippen LogP contribution in [0.1, 0.15) is 59.8 Å². The second kappa shape index (κ2) is 9.93. The molecule has 0 saturated heterocycles. The Morgan fingerprint density at radius 2 is 1.61 bits per heavy atom. The van der Waals surface area contributed by atoms with Crippen LogP contribution in [-0.2, 0) is 9.53 Å². The third kappa shape index (κ3) is 10.1. The summed E-state index contributed by atoms with van der Waals surface area (Å²) in [6, 6.07) is 0. The van der Waals surface area contributed by atoms with E-state index in [1.807, 2.05) is 20.8 Å². The van der Waals surface area contributed by atoms with Crippen molar-refractivity contribution in [1.29, 1.82) is 0 Å². The van der Waals surface area contributed by atoms with Gasteiger partial charge in [0.2, 0.25) is 0 Å². The van der Waals surface area contributed by atoms with Crippen LogP contribution in [0.15, 0.2) is 24.3 Å². The van der Waals surface area contributed by atoms with Crippen LogP contribution < -0.4 is 0 Å². The summed E-state index contributed by atoms with van der Waals surface area (Å²) in [7, 11) is 0. The predicted octanol–water partition coefficient (Wildman–Crippen LogP) is 4.66. The topological polar surface area (TPSA) is 26.3 Å². The molecule has 2 nitrogen and oxygen atoms in total. The quantitative estimate of drug-likeness (QED) is 0.357. The number of carbonyl (C=O) groups excluding carboxylic acids is 1. The summed E-state index contributed by atoms with van der Waals surface area (Å²) in [5.74, 6) is -0.119. The van der Waals surface area contributed by atoms with Crippen molar-refractivity contribution in [1.82, 2.24) is 0 Å². The fourth-order valence-electron chi connectivity index (χ4n) is 1.25. The van der Waals surface area contributed by atoms with Crippen molar-refractivity contribution in [2.75, 3.05) is 6.61 Å². The van der Waals surface area contributed by atoms with Crippen LogP contribution in [0.5, 0.6) is 0 Å². The van der Waals surface area contributed by atoms with E-state index in [1.165, 1.54) is 12.8 Å². The van der Waals surface area contributed by atoms with E-state index in [2.05, 4.69) is 31.2 Å². The molecular formula is C16H28O2. The van der Waals surface area contributed by atoms with E-state index in [0.29, 0.717) is 6.61 Å². The maximum absolute atomic E-state index is 11.4. The maximum atomic E-state index is 11.4. The van der Waals surface area contributed by atoms with Crippen molar-refractivity contribution in [3.63, 3.8) is 0 Å². The van der Waals surface area contributed by atoms with E-state index < -0.39 is 5.41 Å². The molecule has 0 fully saturated rings. The molecule has 0 aromatic heterocycles. The maximum Gasteiger partial charge on any atom is 0.311 e. The normalized spacial score (nSPS) is 12.4. The van der Waals surface area contributed by atoms with Gasteiger partial charge in [-0.25, -0.2) is 0 Å². The molecule has 104 valence electrons. The van der Waals surface area contributed by atoms with Crippen molar-refractivity contribution >= 4 is 5.97 Å². The van der Waals surface area contributed by atoms with Crippen molar-refractivity contribution < 1.29 is 9.53 Å². The zero-order valence-corrected chi connectivity index (χ0v) is 12.4. The van der Waals surface area contributed by atoms with Gasteiger partial charge in [0.25, 0.3) is 0 Å². The van der Waals surface area contributed by atoms with Gasteiger partial charge in [0, 0.05) is 0 Å². The van der Waals surface area contributed by atoms with Gasteiger partial charge in [-0.15, -0.1) is 0 Å². The average Bonchev–Trinajstić information content (AvgIpc) is 2.30. The molecule has 0 aromatic carbocycles. The third-order valence-corrected chi connectivity index (χ3v) is 2.47. The minimum absolute atomic E-state index is 0.119. The number of rotatable bonds is 8. The Balaban J connectivity index is 3.48. The predicted molar refractivity (Wildman–Crippen MR) is 77.5 cm³/mol. The second-order valence-electron chi connectivity index (χ2n) is 5.53. The van der Waals surface area contributed by atoms with Crippen molar-refractivity contribution in [2.24, 2.45) is 5.41 Å². The first-order valence-corrected chi connectivity index (χ1v) is 6.97. The molecule has 0 amide bonds. The molecule has 0 spiro atoms. The van der Waals surface area contributed by atoms with Gasteiger partial charge in [-0.2, -0.15) is 0 Å². The Labute approximate surface area is 112 Å². The van der Waals surface area contributed by atoms with Gasteiger partial charge in [0.05, 0.1) is 12.0 Å². The van der Waals surface area contributed by atoms with Crippen LogP contribution >= 0.6 is 0 Å². The van der Waals surface area contributed by atoms with Crippen LogP contribution in [0.4, 0.5) is 0 Å². The lowest BCUT2D eigenvalue weighted by molar-refractivity contribution is -0.152. The molecule has 0 rings (SSSR count). The van der Waals surface area contributed by atoms with Gasteiger partial charge in [0.1, 0.15) is 0 Å². The van der Waals surface area contributed by atoms with E-state index in [4.69, 9.17) is 4.74 Å². The highest BCUT2D eigenvalue weighted by atomic mass is 16.5. The molecule has 0 aromatic rings. The van der Waals surface area contributed by atoms with Crippen LogP contribution in [-0.4, -0.2) is 12.6 Å². The molecule has 0 saturated carbocycles. The monoisotopic (exact) mass is 252 g/mol. The van der Waals surface area contributed by atoms with E-state index >= 15 is 0 Å². The molecule has 0 aliphatic heterocycles. The van der Waals surface area contributed by atoms with Gasteiger partial charge in [0.15, 0.2) is 0 Å². The minimum atomic E-state index is -0.391. The van der Waals surface area contributed by atoms with Crippen LogP contribution in [0, 0.1) is 5.41 Å². The number of hydrogen-bond acceptors (Lipinski definition) is 2. The van der Waals surface area contributed by atoms with Crippen LogP contribution in [0.3, 0.4) is 0 Å². The smallest absolute Gasteiger partial charge is 0.311 e. The van der Waals surface area contributed by atoms with Gasteiger partial charge in [-0.05, 0) is 40.0 Å². The van der Waals surface area contributed by atoms with Gasteiger partial charge in [-0.1, -0.05) is 44.1 Å². The lowest BCUT2D eigenvalue weighted by Crippen LogP contribution is -2.23. The fourth-order valence-corrected chi connectivity index (χ4v) is 1.25. The van der Waals surface area contributed by atoms with Crippen LogP contribution in [0.25, 0.3) is 0 Å². The first kappa shape index (κ1) is 16.9. The summed E-state index contributed by atoms with van der Waals surface area (Å²) in [4.78, 5) is 11.4. The standard InChI is InChI=1S/C16H28O2/c1-5-6-7-8-9-10-11-12-13-14-18-15(17)16(2,3)4/h8-11H,5-7,12-14H2,1-4H3. The van der Waals surface area contributed by atoms with E-state index in [9.17, 15) is 4.79 Å². The molecule has 18 heavy (non-hydrogen) atoms. The summed E-state index contributed by atoms with van der Waals surface area (Å²) in [6.45, 7) is 8.32. The largest absolute Gasteiger partial charge is 0.465 e. The lowest BCUT2D eigenvalue weighted by Gasteiger charge is -2.16. The number of hydrogen-bond donors (Lipinski definition) is 0. The molecule has 0 atom stereocenters. The first-order valence-electron chi connectivity index (χ1n) is 6.97. The van der Waals surface area contributed by atoms with Crippen molar-refractivity contribution in [3.05, 3.63) is 24.3 Å². The highest BCUT2D eigenvalue weighted by molar-refractivity contribution is 5.75. The molecule has 0 heterocycles. The first-order chi connectivity index (χ1) is 8.48. The zero-order chi connectivity index (χ0) is 13.9. The Bertz CT molecular complexity index is 269. The number of unbranched alkanes of at least 4 members (excludes halogenated alkanes) is 3. The number of esters is 1. The molecule has 0 bridgehead atoms. The summed E-state index contributed by atoms with van der Waals surface area (Å²) in [6.07, 6.45) is 14.0. The van der Waals surface area contributed by atoms with Gasteiger partial charge < -0.3 is 4.74 Å². The van der Waals surface area contributed by atoms with E-state index in [0.717, 1.165) is 19.3 Å². The third-order valence-electron chi connectivity index (χ3n) is 2.47. The molecule has 0 radical (unpaired) electrons. The molecule has 0 N–H and O–H groups in total. The zero-order valence-electron chi connectivity index (χ0n) is 12.4. The lowest BCUT2D eigenvalue weighted by atomic mass is 9.97.